The van der Waals surface area contributed by atoms with E-state index in [1.165, 1.54) is 6.07 Å². The summed E-state index contributed by atoms with van der Waals surface area (Å²) >= 11 is 0. The third-order valence-corrected chi connectivity index (χ3v) is 2.22. The summed E-state index contributed by atoms with van der Waals surface area (Å²) in [6.07, 6.45) is 0.885. The average molecular weight is 222 g/mol. The molecule has 0 saturated heterocycles. The van der Waals surface area contributed by atoms with Crippen LogP contribution in [0.2, 0.25) is 0 Å². The Labute approximate surface area is 94.8 Å². The molecule has 0 heterocycles. The normalized spacial score (nSPS) is 10.1. The maximum atomic E-state index is 13.6. The monoisotopic (exact) mass is 222 g/mol. The van der Waals surface area contributed by atoms with E-state index in [-0.39, 0.29) is 5.56 Å². The van der Waals surface area contributed by atoms with E-state index in [0.717, 1.165) is 13.0 Å². The second-order valence-electron chi connectivity index (χ2n) is 3.41. The van der Waals surface area contributed by atoms with Crippen molar-refractivity contribution in [3.05, 3.63) is 35.1 Å². The van der Waals surface area contributed by atoms with Crippen LogP contribution in [0.25, 0.3) is 0 Å². The van der Waals surface area contributed by atoms with E-state index in [4.69, 9.17) is 10.00 Å². The second kappa shape index (κ2) is 6.94. The van der Waals surface area contributed by atoms with Gasteiger partial charge in [0.25, 0.3) is 0 Å². The van der Waals surface area contributed by atoms with Gasteiger partial charge in [-0.2, -0.15) is 5.26 Å². The smallest absolute Gasteiger partial charge is 0.145 e. The molecular weight excluding hydrogens is 207 g/mol. The molecule has 1 N–H and O–H groups in total. The van der Waals surface area contributed by atoms with Crippen LogP contribution in [0, 0.1) is 17.1 Å². The molecule has 0 aliphatic rings. The Balaban J connectivity index is 2.45. The Kier molecular flexibility index (Phi) is 5.48. The van der Waals surface area contributed by atoms with Gasteiger partial charge >= 0.3 is 0 Å². The van der Waals surface area contributed by atoms with Gasteiger partial charge in [0.1, 0.15) is 11.9 Å². The van der Waals surface area contributed by atoms with Crippen molar-refractivity contribution >= 4 is 0 Å². The van der Waals surface area contributed by atoms with Gasteiger partial charge in [0.15, 0.2) is 0 Å². The molecule has 1 aromatic rings. The van der Waals surface area contributed by atoms with Crippen molar-refractivity contribution in [1.82, 2.24) is 5.32 Å². The zero-order chi connectivity index (χ0) is 11.8. The average Bonchev–Trinajstić information content (AvgIpc) is 2.31. The number of nitriles is 1. The van der Waals surface area contributed by atoms with Crippen molar-refractivity contribution in [3.8, 4) is 6.07 Å². The van der Waals surface area contributed by atoms with Crippen molar-refractivity contribution < 1.29 is 9.13 Å². The van der Waals surface area contributed by atoms with E-state index in [9.17, 15) is 4.39 Å². The van der Waals surface area contributed by atoms with Gasteiger partial charge in [0.2, 0.25) is 0 Å². The third kappa shape index (κ3) is 3.61. The highest BCUT2D eigenvalue weighted by molar-refractivity contribution is 5.34. The van der Waals surface area contributed by atoms with E-state index < -0.39 is 5.82 Å². The topological polar surface area (TPSA) is 45.0 Å². The Bertz CT molecular complexity index is 374. The van der Waals surface area contributed by atoms with Crippen LogP contribution in [0.1, 0.15) is 17.5 Å². The maximum Gasteiger partial charge on any atom is 0.145 e. The van der Waals surface area contributed by atoms with Crippen LogP contribution in [0.5, 0.6) is 0 Å². The lowest BCUT2D eigenvalue weighted by atomic mass is 10.1. The molecule has 0 radical (unpaired) electrons. The molecule has 0 saturated carbocycles. The molecule has 0 fully saturated rings. The molecule has 1 aromatic carbocycles. The van der Waals surface area contributed by atoms with Gasteiger partial charge < -0.3 is 10.1 Å². The van der Waals surface area contributed by atoms with E-state index >= 15 is 0 Å². The summed E-state index contributed by atoms with van der Waals surface area (Å²) in [6.45, 7) is 1.89. The first-order valence-corrected chi connectivity index (χ1v) is 5.16. The van der Waals surface area contributed by atoms with Gasteiger partial charge in [-0.05, 0) is 19.0 Å². The minimum absolute atomic E-state index is 0.0937. The Morgan fingerprint density at radius 3 is 3.00 bits per heavy atom. The summed E-state index contributed by atoms with van der Waals surface area (Å²) in [5.41, 5.74) is 0.618. The minimum Gasteiger partial charge on any atom is -0.385 e. The second-order valence-corrected chi connectivity index (χ2v) is 3.41. The summed E-state index contributed by atoms with van der Waals surface area (Å²) in [7, 11) is 1.65. The number of nitrogens with one attached hydrogen (secondary N) is 1. The number of ether oxygens (including phenoxy) is 1. The Morgan fingerprint density at radius 2 is 2.31 bits per heavy atom. The fourth-order valence-electron chi connectivity index (χ4n) is 1.37. The van der Waals surface area contributed by atoms with Gasteiger partial charge in [0, 0.05) is 25.8 Å². The molecule has 4 heteroatoms. The summed E-state index contributed by atoms with van der Waals surface area (Å²) in [4.78, 5) is 0. The Hall–Kier alpha value is -1.44. The molecule has 0 aliphatic carbocycles. The summed E-state index contributed by atoms with van der Waals surface area (Å²) in [5, 5.41) is 11.8. The van der Waals surface area contributed by atoms with Crippen LogP contribution in [0.3, 0.4) is 0 Å². The van der Waals surface area contributed by atoms with E-state index in [2.05, 4.69) is 5.32 Å². The van der Waals surface area contributed by atoms with Crippen LogP contribution in [0.4, 0.5) is 4.39 Å². The zero-order valence-corrected chi connectivity index (χ0v) is 9.29. The van der Waals surface area contributed by atoms with Gasteiger partial charge in [-0.3, -0.25) is 0 Å². The Morgan fingerprint density at radius 1 is 1.50 bits per heavy atom. The summed E-state index contributed by atoms with van der Waals surface area (Å²) in [5.74, 6) is -0.427. The number of benzene rings is 1. The van der Waals surface area contributed by atoms with E-state index in [1.54, 1.807) is 19.2 Å². The molecule has 0 amide bonds. The number of rotatable bonds is 6. The fourth-order valence-corrected chi connectivity index (χ4v) is 1.37. The first-order chi connectivity index (χ1) is 7.79. The molecular formula is C12H15FN2O. The quantitative estimate of drug-likeness (QED) is 0.747. The molecule has 0 spiro atoms. The first kappa shape index (κ1) is 12.6. The molecule has 86 valence electrons. The highest BCUT2D eigenvalue weighted by atomic mass is 19.1. The molecule has 1 rings (SSSR count). The van der Waals surface area contributed by atoms with Gasteiger partial charge in [-0.15, -0.1) is 0 Å². The fraction of sp³-hybridized carbons (Fsp3) is 0.417. The number of hydrogen-bond acceptors (Lipinski definition) is 3. The number of methoxy groups -OCH3 is 1. The van der Waals surface area contributed by atoms with Crippen molar-refractivity contribution in [1.29, 1.82) is 5.26 Å². The van der Waals surface area contributed by atoms with Crippen molar-refractivity contribution in [3.63, 3.8) is 0 Å². The highest BCUT2D eigenvalue weighted by Crippen LogP contribution is 2.11. The molecule has 16 heavy (non-hydrogen) atoms. The van der Waals surface area contributed by atoms with E-state index in [1.807, 2.05) is 6.07 Å². The van der Waals surface area contributed by atoms with Crippen molar-refractivity contribution in [2.45, 2.75) is 13.0 Å². The SMILES string of the molecule is COCCCNCc1cccc(C#N)c1F. The predicted molar refractivity (Wildman–Crippen MR) is 59.3 cm³/mol. The predicted octanol–water partition coefficient (Wildman–Crippen LogP) is 1.82. The lowest BCUT2D eigenvalue weighted by Crippen LogP contribution is -2.17. The van der Waals surface area contributed by atoms with Crippen molar-refractivity contribution in [2.24, 2.45) is 0 Å². The van der Waals surface area contributed by atoms with Gasteiger partial charge in [-0.1, -0.05) is 12.1 Å². The standard InChI is InChI=1S/C12H15FN2O/c1-16-7-3-6-15-9-11-5-2-4-10(8-14)12(11)13/h2,4-5,15H,3,6-7,9H2,1H3. The van der Waals surface area contributed by atoms with Gasteiger partial charge in [-0.25, -0.2) is 4.39 Å². The molecule has 3 nitrogen and oxygen atoms in total. The molecule has 0 unspecified atom stereocenters. The van der Waals surface area contributed by atoms with Crippen LogP contribution in [0.15, 0.2) is 18.2 Å². The highest BCUT2D eigenvalue weighted by Gasteiger charge is 2.06. The van der Waals surface area contributed by atoms with Crippen LogP contribution < -0.4 is 5.32 Å². The van der Waals surface area contributed by atoms with Crippen LogP contribution in [-0.4, -0.2) is 20.3 Å². The summed E-state index contributed by atoms with van der Waals surface area (Å²) in [6, 6.07) is 6.67. The largest absolute Gasteiger partial charge is 0.385 e. The van der Waals surface area contributed by atoms with Crippen LogP contribution in [-0.2, 0) is 11.3 Å². The molecule has 0 atom stereocenters. The van der Waals surface area contributed by atoms with E-state index in [0.29, 0.717) is 18.7 Å². The van der Waals surface area contributed by atoms with Crippen LogP contribution >= 0.6 is 0 Å². The molecule has 0 aromatic heterocycles. The lowest BCUT2D eigenvalue weighted by molar-refractivity contribution is 0.194. The number of nitrogens with zero attached hydrogens (tertiary/aromatic N) is 1. The first-order valence-electron chi connectivity index (χ1n) is 5.16. The molecule has 0 bridgehead atoms. The maximum absolute atomic E-state index is 13.6. The zero-order valence-electron chi connectivity index (χ0n) is 9.29. The summed E-state index contributed by atoms with van der Waals surface area (Å²) < 4.78 is 18.5. The number of hydrogen-bond donors (Lipinski definition) is 1. The molecule has 0 aliphatic heterocycles. The van der Waals surface area contributed by atoms with Crippen molar-refractivity contribution in [2.75, 3.05) is 20.3 Å². The minimum atomic E-state index is -0.427. The van der Waals surface area contributed by atoms with Gasteiger partial charge in [0.05, 0.1) is 5.56 Å². The number of halogens is 1. The third-order valence-electron chi connectivity index (χ3n) is 2.22. The lowest BCUT2D eigenvalue weighted by Gasteiger charge is -2.06.